The summed E-state index contributed by atoms with van der Waals surface area (Å²) in [5, 5.41) is 30.7. The Kier molecular flexibility index (Phi) is 5.83. The standard InChI is InChI=1S/C9H19NO4/c1-5(2)6(3)8(12)9(13)7(11)4-10-14/h5-9,11-13H,4H2,1-3H3. The molecule has 0 saturated carbocycles. The van der Waals surface area contributed by atoms with Gasteiger partial charge in [0.15, 0.2) is 0 Å². The summed E-state index contributed by atoms with van der Waals surface area (Å²) in [5.74, 6) is 0.0438. The quantitative estimate of drug-likeness (QED) is 0.537. The first-order valence-electron chi connectivity index (χ1n) is 4.75. The van der Waals surface area contributed by atoms with Crippen LogP contribution in [-0.4, -0.2) is 40.2 Å². The Bertz CT molecular complexity index is 174. The molecule has 0 radical (unpaired) electrons. The molecule has 0 aromatic rings. The van der Waals surface area contributed by atoms with E-state index in [0.29, 0.717) is 0 Å². The van der Waals surface area contributed by atoms with E-state index < -0.39 is 24.9 Å². The first-order valence-corrected chi connectivity index (χ1v) is 4.75. The molecule has 5 nitrogen and oxygen atoms in total. The van der Waals surface area contributed by atoms with Crippen molar-refractivity contribution in [2.75, 3.05) is 6.54 Å². The van der Waals surface area contributed by atoms with Gasteiger partial charge in [0.05, 0.1) is 6.10 Å². The van der Waals surface area contributed by atoms with Crippen molar-refractivity contribution in [1.29, 1.82) is 0 Å². The van der Waals surface area contributed by atoms with Gasteiger partial charge in [0, 0.05) is 0 Å². The fraction of sp³-hybridized carbons (Fsp3) is 1.00. The lowest BCUT2D eigenvalue weighted by Crippen LogP contribution is -2.43. The predicted molar refractivity (Wildman–Crippen MR) is 52.7 cm³/mol. The Hall–Kier alpha value is -0.520. The van der Waals surface area contributed by atoms with Crippen LogP contribution in [0, 0.1) is 16.7 Å². The second kappa shape index (κ2) is 6.06. The lowest BCUT2D eigenvalue weighted by atomic mass is 9.87. The van der Waals surface area contributed by atoms with Crippen molar-refractivity contribution >= 4 is 0 Å². The molecular formula is C9H19NO4. The van der Waals surface area contributed by atoms with E-state index in [9.17, 15) is 20.2 Å². The van der Waals surface area contributed by atoms with Gasteiger partial charge < -0.3 is 15.3 Å². The average Bonchev–Trinajstić information content (AvgIpc) is 2.14. The van der Waals surface area contributed by atoms with Crippen LogP contribution in [0.5, 0.6) is 0 Å². The van der Waals surface area contributed by atoms with E-state index in [-0.39, 0.29) is 11.8 Å². The van der Waals surface area contributed by atoms with E-state index in [1.807, 2.05) is 13.8 Å². The fourth-order valence-electron chi connectivity index (χ4n) is 1.12. The Labute approximate surface area is 83.7 Å². The maximum Gasteiger partial charge on any atom is 0.110 e. The van der Waals surface area contributed by atoms with E-state index >= 15 is 0 Å². The molecule has 0 aliphatic heterocycles. The van der Waals surface area contributed by atoms with Crippen molar-refractivity contribution in [2.45, 2.75) is 39.1 Å². The zero-order valence-electron chi connectivity index (χ0n) is 8.79. The van der Waals surface area contributed by atoms with Gasteiger partial charge in [0.25, 0.3) is 0 Å². The van der Waals surface area contributed by atoms with Crippen LogP contribution in [-0.2, 0) is 0 Å². The van der Waals surface area contributed by atoms with Gasteiger partial charge in [-0.25, -0.2) is 0 Å². The fourth-order valence-corrected chi connectivity index (χ4v) is 1.12. The maximum absolute atomic E-state index is 9.84. The molecule has 0 fully saturated rings. The van der Waals surface area contributed by atoms with Crippen molar-refractivity contribution in [3.05, 3.63) is 4.91 Å². The first kappa shape index (κ1) is 13.5. The Morgan fingerprint density at radius 1 is 1.07 bits per heavy atom. The number of aliphatic hydroxyl groups excluding tert-OH is 3. The Balaban J connectivity index is 4.22. The molecule has 0 saturated heterocycles. The van der Waals surface area contributed by atoms with Crippen molar-refractivity contribution in [3.8, 4) is 0 Å². The molecule has 0 rings (SSSR count). The molecule has 84 valence electrons. The minimum atomic E-state index is -1.31. The number of nitrogens with zero attached hydrogens (tertiary/aromatic N) is 1. The summed E-state index contributed by atoms with van der Waals surface area (Å²) in [6.45, 7) is 5.19. The topological polar surface area (TPSA) is 90.1 Å². The van der Waals surface area contributed by atoms with Crippen LogP contribution in [0.4, 0.5) is 0 Å². The smallest absolute Gasteiger partial charge is 0.110 e. The highest BCUT2D eigenvalue weighted by atomic mass is 16.4. The molecule has 0 amide bonds. The molecule has 0 aliphatic rings. The zero-order chi connectivity index (χ0) is 11.3. The van der Waals surface area contributed by atoms with Gasteiger partial charge >= 0.3 is 0 Å². The van der Waals surface area contributed by atoms with Crippen LogP contribution in [0.3, 0.4) is 0 Å². The van der Waals surface area contributed by atoms with Crippen LogP contribution in [0.25, 0.3) is 0 Å². The summed E-state index contributed by atoms with van der Waals surface area (Å²) < 4.78 is 0. The van der Waals surface area contributed by atoms with Crippen LogP contribution < -0.4 is 0 Å². The van der Waals surface area contributed by atoms with Gasteiger partial charge in [-0.1, -0.05) is 25.9 Å². The summed E-state index contributed by atoms with van der Waals surface area (Å²) in [6.07, 6.45) is -3.64. The van der Waals surface area contributed by atoms with Crippen molar-refractivity contribution in [1.82, 2.24) is 0 Å². The molecule has 0 aromatic carbocycles. The molecular weight excluding hydrogens is 186 g/mol. The highest BCUT2D eigenvalue weighted by Gasteiger charge is 2.30. The molecule has 0 spiro atoms. The molecule has 4 unspecified atom stereocenters. The normalized spacial score (nSPS) is 20.2. The number of hydrogen-bond donors (Lipinski definition) is 3. The van der Waals surface area contributed by atoms with Crippen LogP contribution in [0.1, 0.15) is 20.8 Å². The zero-order valence-corrected chi connectivity index (χ0v) is 8.79. The Morgan fingerprint density at radius 2 is 1.57 bits per heavy atom. The molecule has 3 N–H and O–H groups in total. The SMILES string of the molecule is CC(C)C(C)C(O)C(O)C(O)CN=O. The molecule has 0 heterocycles. The Morgan fingerprint density at radius 3 is 1.93 bits per heavy atom. The summed E-state index contributed by atoms with van der Waals surface area (Å²) >= 11 is 0. The summed E-state index contributed by atoms with van der Waals surface area (Å²) in [4.78, 5) is 9.84. The van der Waals surface area contributed by atoms with Crippen LogP contribution >= 0.6 is 0 Å². The highest BCUT2D eigenvalue weighted by molar-refractivity contribution is 4.81. The maximum atomic E-state index is 9.84. The molecule has 0 aliphatic carbocycles. The third-order valence-corrected chi connectivity index (χ3v) is 2.60. The minimum Gasteiger partial charge on any atom is -0.390 e. The van der Waals surface area contributed by atoms with E-state index in [4.69, 9.17) is 0 Å². The van der Waals surface area contributed by atoms with Gasteiger partial charge in [-0.15, -0.1) is 0 Å². The van der Waals surface area contributed by atoms with Gasteiger partial charge in [-0.2, -0.15) is 4.91 Å². The summed E-state index contributed by atoms with van der Waals surface area (Å²) in [5.41, 5.74) is 0. The van der Waals surface area contributed by atoms with Crippen LogP contribution in [0.2, 0.25) is 0 Å². The molecule has 4 atom stereocenters. The largest absolute Gasteiger partial charge is 0.390 e. The summed E-state index contributed by atoms with van der Waals surface area (Å²) in [7, 11) is 0. The number of rotatable bonds is 6. The van der Waals surface area contributed by atoms with E-state index in [0.717, 1.165) is 0 Å². The average molecular weight is 205 g/mol. The highest BCUT2D eigenvalue weighted by Crippen LogP contribution is 2.18. The van der Waals surface area contributed by atoms with E-state index in [2.05, 4.69) is 5.18 Å². The third-order valence-electron chi connectivity index (χ3n) is 2.60. The van der Waals surface area contributed by atoms with E-state index in [1.165, 1.54) is 0 Å². The van der Waals surface area contributed by atoms with Crippen molar-refractivity contribution < 1.29 is 15.3 Å². The molecule has 14 heavy (non-hydrogen) atoms. The van der Waals surface area contributed by atoms with Crippen molar-refractivity contribution in [2.24, 2.45) is 17.0 Å². The van der Waals surface area contributed by atoms with Gasteiger partial charge in [0.1, 0.15) is 18.8 Å². The lowest BCUT2D eigenvalue weighted by Gasteiger charge is -2.28. The minimum absolute atomic E-state index is 0.147. The van der Waals surface area contributed by atoms with Crippen LogP contribution in [0.15, 0.2) is 5.18 Å². The predicted octanol–water partition coefficient (Wildman–Crippen LogP) is 0.128. The van der Waals surface area contributed by atoms with Gasteiger partial charge in [-0.05, 0) is 11.8 Å². The van der Waals surface area contributed by atoms with Gasteiger partial charge in [-0.3, -0.25) is 0 Å². The van der Waals surface area contributed by atoms with Gasteiger partial charge in [0.2, 0.25) is 0 Å². The molecule has 0 bridgehead atoms. The molecule has 5 heteroatoms. The lowest BCUT2D eigenvalue weighted by molar-refractivity contribution is -0.0814. The second-order valence-electron chi connectivity index (χ2n) is 3.96. The molecule has 0 aromatic heterocycles. The number of hydrogen-bond acceptors (Lipinski definition) is 5. The second-order valence-corrected chi connectivity index (χ2v) is 3.96. The monoisotopic (exact) mass is 205 g/mol. The summed E-state index contributed by atoms with van der Waals surface area (Å²) in [6, 6.07) is 0. The first-order chi connectivity index (χ1) is 6.41. The third kappa shape index (κ3) is 3.69. The number of aliphatic hydroxyl groups is 3. The van der Waals surface area contributed by atoms with E-state index in [1.54, 1.807) is 6.92 Å². The number of nitroso groups, excluding NO2 is 1. The van der Waals surface area contributed by atoms with Crippen molar-refractivity contribution in [3.63, 3.8) is 0 Å².